The Kier molecular flexibility index (Phi) is 3.74. The highest BCUT2D eigenvalue weighted by Gasteiger charge is 2.15. The molecule has 0 bridgehead atoms. The van der Waals surface area contributed by atoms with Crippen LogP contribution in [0.3, 0.4) is 0 Å². The number of aryl methyl sites for hydroxylation is 2. The molecule has 0 radical (unpaired) electrons. The number of amides is 2. The van der Waals surface area contributed by atoms with Gasteiger partial charge in [0.15, 0.2) is 5.82 Å². The molecule has 0 aliphatic rings. The van der Waals surface area contributed by atoms with Crippen LogP contribution in [0.25, 0.3) is 0 Å². The number of anilines is 1. The van der Waals surface area contributed by atoms with Crippen LogP contribution in [0.4, 0.5) is 10.5 Å². The fourth-order valence-corrected chi connectivity index (χ4v) is 1.52. The van der Waals surface area contributed by atoms with Gasteiger partial charge in [-0.2, -0.15) is 4.98 Å². The van der Waals surface area contributed by atoms with Crippen LogP contribution in [0, 0.1) is 13.8 Å². The maximum atomic E-state index is 11.8. The number of rotatable bonds is 3. The zero-order valence-electron chi connectivity index (χ0n) is 11.0. The van der Waals surface area contributed by atoms with Gasteiger partial charge in [0.2, 0.25) is 5.89 Å². The number of pyridine rings is 1. The second-order valence-corrected chi connectivity index (χ2v) is 4.19. The number of carbonyl (C=O) groups excluding carboxylic acids is 1. The van der Waals surface area contributed by atoms with E-state index in [0.717, 1.165) is 5.56 Å². The van der Waals surface area contributed by atoms with Gasteiger partial charge < -0.3 is 15.2 Å². The molecule has 1 unspecified atom stereocenters. The van der Waals surface area contributed by atoms with E-state index in [2.05, 4.69) is 25.8 Å². The summed E-state index contributed by atoms with van der Waals surface area (Å²) in [6.07, 6.45) is 3.30. The van der Waals surface area contributed by atoms with E-state index in [9.17, 15) is 4.79 Å². The Hall–Kier alpha value is -2.44. The number of aromatic nitrogens is 3. The molecule has 0 aliphatic heterocycles. The fraction of sp³-hybridized carbons (Fsp3) is 0.333. The monoisotopic (exact) mass is 261 g/mol. The van der Waals surface area contributed by atoms with Gasteiger partial charge in [0, 0.05) is 18.1 Å². The largest absolute Gasteiger partial charge is 0.337 e. The van der Waals surface area contributed by atoms with Gasteiger partial charge in [-0.05, 0) is 32.4 Å². The molecule has 7 nitrogen and oxygen atoms in total. The van der Waals surface area contributed by atoms with Gasteiger partial charge in [-0.1, -0.05) is 5.16 Å². The summed E-state index contributed by atoms with van der Waals surface area (Å²) >= 11 is 0. The van der Waals surface area contributed by atoms with E-state index in [-0.39, 0.29) is 12.1 Å². The Morgan fingerprint density at radius 1 is 1.42 bits per heavy atom. The first-order valence-corrected chi connectivity index (χ1v) is 5.84. The molecular formula is C12H15N5O2. The molecule has 0 spiro atoms. The van der Waals surface area contributed by atoms with Crippen molar-refractivity contribution in [2.75, 3.05) is 5.32 Å². The van der Waals surface area contributed by atoms with Crippen LogP contribution in [0.5, 0.6) is 0 Å². The lowest BCUT2D eigenvalue weighted by molar-refractivity contribution is 0.245. The van der Waals surface area contributed by atoms with Crippen molar-refractivity contribution in [2.45, 2.75) is 26.8 Å². The number of hydrogen-bond donors (Lipinski definition) is 2. The first-order valence-electron chi connectivity index (χ1n) is 5.84. The van der Waals surface area contributed by atoms with E-state index in [1.165, 1.54) is 0 Å². The molecule has 2 heterocycles. The Labute approximate surface area is 110 Å². The number of hydrogen-bond acceptors (Lipinski definition) is 5. The lowest BCUT2D eigenvalue weighted by Crippen LogP contribution is -2.31. The van der Waals surface area contributed by atoms with Crippen molar-refractivity contribution in [1.29, 1.82) is 0 Å². The SMILES string of the molecule is Cc1noc(C(C)NC(=O)Nc2ccncc2C)n1. The summed E-state index contributed by atoms with van der Waals surface area (Å²) < 4.78 is 4.99. The number of nitrogens with one attached hydrogen (secondary N) is 2. The zero-order chi connectivity index (χ0) is 13.8. The van der Waals surface area contributed by atoms with Crippen molar-refractivity contribution in [1.82, 2.24) is 20.4 Å². The fourth-order valence-electron chi connectivity index (χ4n) is 1.52. The van der Waals surface area contributed by atoms with Gasteiger partial charge in [-0.15, -0.1) is 0 Å². The summed E-state index contributed by atoms with van der Waals surface area (Å²) in [5, 5.41) is 9.13. The number of carbonyl (C=O) groups is 1. The molecule has 1 atom stereocenters. The molecule has 7 heteroatoms. The van der Waals surface area contributed by atoms with Crippen LogP contribution in [-0.4, -0.2) is 21.2 Å². The smallest absolute Gasteiger partial charge is 0.319 e. The molecule has 0 aromatic carbocycles. The van der Waals surface area contributed by atoms with E-state index in [0.29, 0.717) is 17.4 Å². The summed E-state index contributed by atoms with van der Waals surface area (Å²) in [7, 11) is 0. The molecule has 2 rings (SSSR count). The Morgan fingerprint density at radius 3 is 2.84 bits per heavy atom. The van der Waals surface area contributed by atoms with Gasteiger partial charge in [0.25, 0.3) is 0 Å². The molecule has 2 aromatic heterocycles. The topological polar surface area (TPSA) is 92.9 Å². The number of nitrogens with zero attached hydrogens (tertiary/aromatic N) is 3. The quantitative estimate of drug-likeness (QED) is 0.881. The summed E-state index contributed by atoms with van der Waals surface area (Å²) in [6, 6.07) is 1.04. The summed E-state index contributed by atoms with van der Waals surface area (Å²) in [5.41, 5.74) is 1.60. The normalized spacial score (nSPS) is 11.9. The van der Waals surface area contributed by atoms with Crippen LogP contribution >= 0.6 is 0 Å². The van der Waals surface area contributed by atoms with Crippen LogP contribution in [0.1, 0.15) is 30.2 Å². The van der Waals surface area contributed by atoms with Crippen molar-refractivity contribution >= 4 is 11.7 Å². The minimum Gasteiger partial charge on any atom is -0.337 e. The summed E-state index contributed by atoms with van der Waals surface area (Å²) in [6.45, 7) is 5.36. The standard InChI is InChI=1S/C12H15N5O2/c1-7-6-13-5-4-10(7)16-12(18)14-8(2)11-15-9(3)17-19-11/h4-6,8H,1-3H3,(H2,13,14,16,18). The molecule has 0 saturated carbocycles. The maximum Gasteiger partial charge on any atom is 0.319 e. The molecule has 100 valence electrons. The third-order valence-electron chi connectivity index (χ3n) is 2.53. The molecule has 2 N–H and O–H groups in total. The average Bonchev–Trinajstić information content (AvgIpc) is 2.79. The minimum absolute atomic E-state index is 0.336. The lowest BCUT2D eigenvalue weighted by atomic mass is 10.2. The second kappa shape index (κ2) is 5.47. The predicted octanol–water partition coefficient (Wildman–Crippen LogP) is 1.96. The van der Waals surface area contributed by atoms with Crippen molar-refractivity contribution in [3.63, 3.8) is 0 Å². The van der Waals surface area contributed by atoms with Gasteiger partial charge >= 0.3 is 6.03 Å². The average molecular weight is 261 g/mol. The van der Waals surface area contributed by atoms with Crippen LogP contribution in [-0.2, 0) is 0 Å². The lowest BCUT2D eigenvalue weighted by Gasteiger charge is -2.12. The molecule has 0 saturated heterocycles. The molecule has 19 heavy (non-hydrogen) atoms. The Morgan fingerprint density at radius 2 is 2.21 bits per heavy atom. The third kappa shape index (κ3) is 3.27. The molecular weight excluding hydrogens is 246 g/mol. The van der Waals surface area contributed by atoms with Crippen LogP contribution in [0.15, 0.2) is 23.0 Å². The Balaban J connectivity index is 1.96. The van der Waals surface area contributed by atoms with Crippen molar-refractivity contribution < 1.29 is 9.32 Å². The first-order chi connectivity index (χ1) is 9.06. The molecule has 2 amide bonds. The van der Waals surface area contributed by atoms with E-state index in [1.807, 2.05) is 6.92 Å². The summed E-state index contributed by atoms with van der Waals surface area (Å²) in [4.78, 5) is 19.8. The van der Waals surface area contributed by atoms with Crippen LogP contribution < -0.4 is 10.6 Å². The minimum atomic E-state index is -0.358. The van der Waals surface area contributed by atoms with Crippen molar-refractivity contribution in [3.05, 3.63) is 35.7 Å². The van der Waals surface area contributed by atoms with Gasteiger partial charge in [-0.3, -0.25) is 4.98 Å². The van der Waals surface area contributed by atoms with Gasteiger partial charge in [-0.25, -0.2) is 4.79 Å². The van der Waals surface area contributed by atoms with E-state index >= 15 is 0 Å². The van der Waals surface area contributed by atoms with Gasteiger partial charge in [0.1, 0.15) is 6.04 Å². The van der Waals surface area contributed by atoms with Crippen molar-refractivity contribution in [3.8, 4) is 0 Å². The van der Waals surface area contributed by atoms with Crippen LogP contribution in [0.2, 0.25) is 0 Å². The third-order valence-corrected chi connectivity index (χ3v) is 2.53. The highest BCUT2D eigenvalue weighted by Crippen LogP contribution is 2.13. The first kappa shape index (κ1) is 13.0. The Bertz CT molecular complexity index is 581. The maximum absolute atomic E-state index is 11.8. The zero-order valence-corrected chi connectivity index (χ0v) is 11.0. The van der Waals surface area contributed by atoms with E-state index in [1.54, 1.807) is 32.3 Å². The molecule has 0 aliphatic carbocycles. The summed E-state index contributed by atoms with van der Waals surface area (Å²) in [5.74, 6) is 0.910. The molecule has 0 fully saturated rings. The molecule has 2 aromatic rings. The van der Waals surface area contributed by atoms with E-state index < -0.39 is 0 Å². The predicted molar refractivity (Wildman–Crippen MR) is 68.6 cm³/mol. The van der Waals surface area contributed by atoms with Gasteiger partial charge in [0.05, 0.1) is 0 Å². The highest BCUT2D eigenvalue weighted by molar-refractivity contribution is 5.90. The number of urea groups is 1. The second-order valence-electron chi connectivity index (χ2n) is 4.19. The van der Waals surface area contributed by atoms with Crippen molar-refractivity contribution in [2.24, 2.45) is 0 Å². The highest BCUT2D eigenvalue weighted by atomic mass is 16.5. The van der Waals surface area contributed by atoms with E-state index in [4.69, 9.17) is 4.52 Å².